The van der Waals surface area contributed by atoms with Gasteiger partial charge in [0.25, 0.3) is 0 Å². The number of hydrogen-bond donors (Lipinski definition) is 1. The third-order valence-corrected chi connectivity index (χ3v) is 9.71. The van der Waals surface area contributed by atoms with Crippen LogP contribution in [0.3, 0.4) is 0 Å². The lowest BCUT2D eigenvalue weighted by molar-refractivity contribution is -0.145. The summed E-state index contributed by atoms with van der Waals surface area (Å²) in [5.74, 6) is -1.27. The summed E-state index contributed by atoms with van der Waals surface area (Å²) in [6.07, 6.45) is -0.831. The molecule has 1 saturated heterocycles. The van der Waals surface area contributed by atoms with Crippen molar-refractivity contribution in [2.75, 3.05) is 28.4 Å². The summed E-state index contributed by atoms with van der Waals surface area (Å²) in [6, 6.07) is 8.43. The van der Waals surface area contributed by atoms with E-state index in [4.69, 9.17) is 28.3 Å². The number of nitrogens with zero attached hydrogens (tertiary/aromatic N) is 1. The molecule has 12 nitrogen and oxygen atoms in total. The maximum Gasteiger partial charge on any atom is 0.498 e. The first-order valence-corrected chi connectivity index (χ1v) is 17.4. The summed E-state index contributed by atoms with van der Waals surface area (Å²) in [5.41, 5.74) is -0.0824. The van der Waals surface area contributed by atoms with Crippen LogP contribution in [0.5, 0.6) is 11.5 Å². The van der Waals surface area contributed by atoms with Crippen molar-refractivity contribution in [1.82, 2.24) is 10.2 Å². The maximum atomic E-state index is 13.9. The molecule has 1 aliphatic heterocycles. The molecule has 0 unspecified atom stereocenters. The van der Waals surface area contributed by atoms with Gasteiger partial charge >= 0.3 is 19.2 Å². The highest BCUT2D eigenvalue weighted by Gasteiger charge is 2.52. The van der Waals surface area contributed by atoms with Crippen LogP contribution in [0.15, 0.2) is 36.4 Å². The molecule has 2 amide bonds. The van der Waals surface area contributed by atoms with Crippen LogP contribution in [0.25, 0.3) is 0 Å². The van der Waals surface area contributed by atoms with Gasteiger partial charge in [-0.1, -0.05) is 25.1 Å². The molecule has 0 aromatic heterocycles. The summed E-state index contributed by atoms with van der Waals surface area (Å²) in [5, 5.41) is 2.77. The Bertz CT molecular complexity index is 1560. The highest BCUT2D eigenvalue weighted by atomic mass is 127. The predicted octanol–water partition coefficient (Wildman–Crippen LogP) is 5.01. The zero-order chi connectivity index (χ0) is 37.8. The van der Waals surface area contributed by atoms with Gasteiger partial charge < -0.3 is 33.6 Å². The first-order chi connectivity index (χ1) is 23.1. The van der Waals surface area contributed by atoms with E-state index in [1.165, 1.54) is 19.1 Å². The van der Waals surface area contributed by atoms with E-state index in [1.54, 1.807) is 72.2 Å². The number of amides is 2. The van der Waals surface area contributed by atoms with Gasteiger partial charge in [0.15, 0.2) is 5.78 Å². The molecule has 3 rings (SSSR count). The molecular weight excluding hydrogens is 758 g/mol. The largest absolute Gasteiger partial charge is 0.498 e. The molecule has 1 N–H and O–H groups in total. The summed E-state index contributed by atoms with van der Waals surface area (Å²) >= 11 is 2.09. The molecule has 3 atom stereocenters. The molecule has 1 fully saturated rings. The fourth-order valence-electron chi connectivity index (χ4n) is 5.37. The van der Waals surface area contributed by atoms with Crippen molar-refractivity contribution in [1.29, 1.82) is 0 Å². The second-order valence-corrected chi connectivity index (χ2v) is 15.6. The number of ether oxygens (including phenoxy) is 4. The third-order valence-electron chi connectivity index (χ3n) is 8.86. The van der Waals surface area contributed by atoms with E-state index in [-0.39, 0.29) is 18.6 Å². The minimum absolute atomic E-state index is 0.0872. The van der Waals surface area contributed by atoms with E-state index in [9.17, 15) is 19.2 Å². The molecule has 0 radical (unpaired) electrons. The van der Waals surface area contributed by atoms with Gasteiger partial charge in [0, 0.05) is 31.3 Å². The average Bonchev–Trinajstić information content (AvgIpc) is 3.25. The van der Waals surface area contributed by atoms with Crippen molar-refractivity contribution in [3.63, 3.8) is 0 Å². The minimum Gasteiger partial charge on any atom is -0.497 e. The number of esters is 1. The standard InChI is InChI=1S/C36H50BIN2O10/c1-21(17-27(41)30(40(9)33(44)48-34(2,3)4)23-14-16-29(46-11)25(38)20-23)31(42)39-26(32(43)47-12)19-22-13-15-28(45-10)24(18-22)37-49-35(5,6)36(7,8)50-37/h13-16,18,20-21,26,30H,17,19H2,1-12H3,(H,39,42)/t21-,26+,30+/m1/s1. The molecule has 0 bridgehead atoms. The van der Waals surface area contributed by atoms with E-state index in [0.717, 1.165) is 3.57 Å². The molecule has 14 heteroatoms. The Balaban J connectivity index is 1.83. The third kappa shape index (κ3) is 9.90. The van der Waals surface area contributed by atoms with Crippen LogP contribution in [-0.2, 0) is 39.6 Å². The topological polar surface area (TPSA) is 139 Å². The lowest BCUT2D eigenvalue weighted by Crippen LogP contribution is -2.46. The Labute approximate surface area is 309 Å². The number of halogens is 1. The molecule has 0 spiro atoms. The second-order valence-electron chi connectivity index (χ2n) is 14.4. The molecule has 50 heavy (non-hydrogen) atoms. The quantitative estimate of drug-likeness (QED) is 0.167. The van der Waals surface area contributed by atoms with Crippen LogP contribution in [0.2, 0.25) is 0 Å². The fourth-order valence-corrected chi connectivity index (χ4v) is 6.13. The molecule has 2 aromatic carbocycles. The Kier molecular flexibility index (Phi) is 13.4. The van der Waals surface area contributed by atoms with Crippen molar-refractivity contribution >= 4 is 58.9 Å². The first kappa shape index (κ1) is 41.1. The lowest BCUT2D eigenvalue weighted by Gasteiger charge is -2.32. The van der Waals surface area contributed by atoms with Crippen LogP contribution in [-0.4, -0.2) is 87.0 Å². The van der Waals surface area contributed by atoms with Crippen LogP contribution in [0.1, 0.15) is 79.0 Å². The highest BCUT2D eigenvalue weighted by Crippen LogP contribution is 2.37. The van der Waals surface area contributed by atoms with Crippen molar-refractivity contribution in [2.45, 2.75) is 97.1 Å². The summed E-state index contributed by atoms with van der Waals surface area (Å²) < 4.78 is 34.8. The highest BCUT2D eigenvalue weighted by molar-refractivity contribution is 14.1. The molecule has 1 heterocycles. The van der Waals surface area contributed by atoms with E-state index in [0.29, 0.717) is 28.1 Å². The zero-order valence-electron chi connectivity index (χ0n) is 31.1. The van der Waals surface area contributed by atoms with E-state index >= 15 is 0 Å². The zero-order valence-corrected chi connectivity index (χ0v) is 33.3. The Morgan fingerprint density at radius 2 is 1.52 bits per heavy atom. The predicted molar refractivity (Wildman–Crippen MR) is 198 cm³/mol. The summed E-state index contributed by atoms with van der Waals surface area (Å²) in [4.78, 5) is 54.8. The monoisotopic (exact) mass is 808 g/mol. The van der Waals surface area contributed by atoms with Gasteiger partial charge in [0.1, 0.15) is 29.2 Å². The number of Topliss-reactive ketones (excluding diaryl/α,β-unsaturated/α-hetero) is 1. The van der Waals surface area contributed by atoms with Crippen molar-refractivity contribution in [3.05, 3.63) is 51.1 Å². The minimum atomic E-state index is -1.06. The number of rotatable bonds is 13. The van der Waals surface area contributed by atoms with Crippen LogP contribution < -0.4 is 20.3 Å². The van der Waals surface area contributed by atoms with Crippen LogP contribution >= 0.6 is 22.6 Å². The Hall–Kier alpha value is -3.37. The van der Waals surface area contributed by atoms with Gasteiger partial charge in [-0.3, -0.25) is 14.5 Å². The number of carbonyl (C=O) groups is 4. The lowest BCUT2D eigenvalue weighted by atomic mass is 9.77. The number of likely N-dealkylation sites (N-methyl/N-ethyl adjacent to an activating group) is 1. The van der Waals surface area contributed by atoms with E-state index in [1.807, 2.05) is 33.8 Å². The number of carbonyl (C=O) groups excluding carboxylic acids is 4. The SMILES string of the molecule is COC(=O)[C@H](Cc1ccc(OC)c(B2OC(C)(C)C(C)(C)O2)c1)NC(=O)[C@H](C)CC(=O)[C@H](c1ccc(OC)c(I)c1)N(C)C(=O)OC(C)(C)C. The van der Waals surface area contributed by atoms with E-state index in [2.05, 4.69) is 27.9 Å². The first-order valence-electron chi connectivity index (χ1n) is 16.4. The normalized spacial score (nSPS) is 16.9. The molecular formula is C36H50BIN2O10. The van der Waals surface area contributed by atoms with Crippen molar-refractivity contribution in [2.24, 2.45) is 5.92 Å². The smallest absolute Gasteiger partial charge is 0.497 e. The van der Waals surface area contributed by atoms with Crippen molar-refractivity contribution in [3.8, 4) is 11.5 Å². The van der Waals surface area contributed by atoms with Gasteiger partial charge in [0.05, 0.1) is 36.1 Å². The molecule has 0 aliphatic carbocycles. The van der Waals surface area contributed by atoms with Crippen LogP contribution in [0.4, 0.5) is 4.79 Å². The van der Waals surface area contributed by atoms with Gasteiger partial charge in [0.2, 0.25) is 5.91 Å². The number of benzene rings is 2. The van der Waals surface area contributed by atoms with Gasteiger partial charge in [-0.05, 0) is 100 Å². The number of hydrogen-bond acceptors (Lipinski definition) is 10. The Morgan fingerprint density at radius 1 is 0.940 bits per heavy atom. The molecule has 1 aliphatic rings. The molecule has 274 valence electrons. The summed E-state index contributed by atoms with van der Waals surface area (Å²) in [6.45, 7) is 14.6. The van der Waals surface area contributed by atoms with Gasteiger partial charge in [-0.15, -0.1) is 0 Å². The maximum absolute atomic E-state index is 13.9. The van der Waals surface area contributed by atoms with Crippen LogP contribution in [0, 0.1) is 9.49 Å². The van der Waals surface area contributed by atoms with E-state index < -0.39 is 59.9 Å². The van der Waals surface area contributed by atoms with Crippen molar-refractivity contribution < 1.29 is 47.4 Å². The second kappa shape index (κ2) is 16.3. The number of nitrogens with one attached hydrogen (secondary N) is 1. The average molecular weight is 809 g/mol. The molecule has 2 aromatic rings. The van der Waals surface area contributed by atoms with Gasteiger partial charge in [-0.25, -0.2) is 9.59 Å². The number of methoxy groups -OCH3 is 3. The fraction of sp³-hybridized carbons (Fsp3) is 0.556. The molecule has 0 saturated carbocycles. The number of ketones is 1. The summed E-state index contributed by atoms with van der Waals surface area (Å²) in [7, 11) is 5.11. The Morgan fingerprint density at radius 3 is 2.04 bits per heavy atom. The van der Waals surface area contributed by atoms with Gasteiger partial charge in [-0.2, -0.15) is 0 Å².